The first-order valence-electron chi connectivity index (χ1n) is 6.57. The summed E-state index contributed by atoms with van der Waals surface area (Å²) in [5, 5.41) is 5.29. The molecule has 1 aliphatic heterocycles. The van der Waals surface area contributed by atoms with Gasteiger partial charge in [0.2, 0.25) is 5.91 Å². The lowest BCUT2D eigenvalue weighted by Gasteiger charge is -2.19. The third-order valence-electron chi connectivity index (χ3n) is 2.65. The number of nitrogens with one attached hydrogen (secondary N) is 2. The van der Waals surface area contributed by atoms with Crippen LogP contribution in [-0.2, 0) is 14.3 Å². The molecule has 1 saturated heterocycles. The first-order chi connectivity index (χ1) is 8.78. The normalized spacial score (nSPS) is 19.2. The van der Waals surface area contributed by atoms with E-state index in [2.05, 4.69) is 10.6 Å². The van der Waals surface area contributed by atoms with Crippen LogP contribution < -0.4 is 10.6 Å². The van der Waals surface area contributed by atoms with Gasteiger partial charge in [0, 0.05) is 6.54 Å². The summed E-state index contributed by atoms with van der Waals surface area (Å²) >= 11 is 0. The molecule has 1 aliphatic rings. The quantitative estimate of drug-likeness (QED) is 0.579. The molecule has 0 saturated carbocycles. The van der Waals surface area contributed by atoms with Crippen LogP contribution >= 0.6 is 0 Å². The first-order valence-corrected chi connectivity index (χ1v) is 6.57. The summed E-state index contributed by atoms with van der Waals surface area (Å²) in [6, 6.07) is -0.339. The lowest BCUT2D eigenvalue weighted by Crippen LogP contribution is -2.33. The number of hydrogen-bond acceptors (Lipinski definition) is 4. The molecule has 0 bridgehead atoms. The van der Waals surface area contributed by atoms with Crippen LogP contribution in [0.25, 0.3) is 0 Å². The van der Waals surface area contributed by atoms with Crippen molar-refractivity contribution in [3.63, 3.8) is 0 Å². The molecule has 1 fully saturated rings. The fourth-order valence-electron chi connectivity index (χ4n) is 1.82. The minimum atomic E-state index is -0.495. The molecule has 0 aromatic rings. The summed E-state index contributed by atoms with van der Waals surface area (Å²) in [5.41, 5.74) is -0.495. The van der Waals surface area contributed by atoms with Crippen molar-refractivity contribution in [2.24, 2.45) is 0 Å². The molecule has 1 unspecified atom stereocenters. The topological polar surface area (TPSA) is 84.5 Å². The summed E-state index contributed by atoms with van der Waals surface area (Å²) in [5.74, 6) is -0.230. The molecule has 0 radical (unpaired) electrons. The van der Waals surface area contributed by atoms with Gasteiger partial charge in [0.15, 0.2) is 5.78 Å². The van der Waals surface area contributed by atoms with E-state index >= 15 is 0 Å². The van der Waals surface area contributed by atoms with Crippen molar-refractivity contribution >= 4 is 17.8 Å². The highest BCUT2D eigenvalue weighted by atomic mass is 16.6. The maximum atomic E-state index is 11.3. The molecule has 1 rings (SSSR count). The van der Waals surface area contributed by atoms with Crippen molar-refractivity contribution in [3.05, 3.63) is 0 Å². The molecule has 1 heterocycles. The molecule has 6 heteroatoms. The van der Waals surface area contributed by atoms with Crippen molar-refractivity contribution in [3.8, 4) is 0 Å². The van der Waals surface area contributed by atoms with Crippen LogP contribution in [0.2, 0.25) is 0 Å². The number of ketones is 1. The fraction of sp³-hybridized carbons (Fsp3) is 0.769. The van der Waals surface area contributed by atoms with Crippen molar-refractivity contribution in [2.45, 2.75) is 58.1 Å². The number of alkyl carbamates (subject to hydrolysis) is 1. The minimum Gasteiger partial charge on any atom is -0.444 e. The van der Waals surface area contributed by atoms with E-state index in [1.54, 1.807) is 20.8 Å². The molecular weight excluding hydrogens is 248 g/mol. The molecule has 0 spiro atoms. The summed E-state index contributed by atoms with van der Waals surface area (Å²) in [4.78, 5) is 33.6. The van der Waals surface area contributed by atoms with Crippen LogP contribution in [-0.4, -0.2) is 36.0 Å². The van der Waals surface area contributed by atoms with E-state index in [-0.39, 0.29) is 24.2 Å². The van der Waals surface area contributed by atoms with Crippen molar-refractivity contribution in [1.82, 2.24) is 10.6 Å². The highest BCUT2D eigenvalue weighted by molar-refractivity contribution is 6.07. The lowest BCUT2D eigenvalue weighted by atomic mass is 10.1. The molecule has 108 valence electrons. The zero-order chi connectivity index (χ0) is 14.5. The van der Waals surface area contributed by atoms with Gasteiger partial charge in [0.1, 0.15) is 5.60 Å². The number of ether oxygens (including phenoxy) is 1. The molecule has 0 aromatic heterocycles. The third kappa shape index (κ3) is 6.22. The Hall–Kier alpha value is -1.59. The highest BCUT2D eigenvalue weighted by Gasteiger charge is 2.28. The molecule has 0 aliphatic carbocycles. The van der Waals surface area contributed by atoms with Crippen LogP contribution in [0.4, 0.5) is 4.79 Å². The fourth-order valence-corrected chi connectivity index (χ4v) is 1.82. The van der Waals surface area contributed by atoms with Crippen LogP contribution in [0, 0.1) is 0 Å². The van der Waals surface area contributed by atoms with Crippen molar-refractivity contribution < 1.29 is 19.1 Å². The van der Waals surface area contributed by atoms with Crippen LogP contribution in [0.15, 0.2) is 0 Å². The summed E-state index contributed by atoms with van der Waals surface area (Å²) < 4.78 is 5.09. The van der Waals surface area contributed by atoms with E-state index in [9.17, 15) is 14.4 Å². The van der Waals surface area contributed by atoms with Crippen LogP contribution in [0.5, 0.6) is 0 Å². The molecule has 19 heavy (non-hydrogen) atoms. The molecule has 2 amide bonds. The van der Waals surface area contributed by atoms with Gasteiger partial charge in [0.25, 0.3) is 0 Å². The zero-order valence-corrected chi connectivity index (χ0v) is 11.7. The van der Waals surface area contributed by atoms with Gasteiger partial charge in [-0.2, -0.15) is 0 Å². The Morgan fingerprint density at radius 2 is 2.05 bits per heavy atom. The molecule has 6 nitrogen and oxygen atoms in total. The Labute approximate surface area is 113 Å². The summed E-state index contributed by atoms with van der Waals surface area (Å²) in [6.07, 6.45) is 1.71. The Kier molecular flexibility index (Phi) is 5.32. The van der Waals surface area contributed by atoms with E-state index in [1.165, 1.54) is 0 Å². The number of rotatable bonds is 5. The maximum absolute atomic E-state index is 11.3. The molecule has 1 atom stereocenters. The van der Waals surface area contributed by atoms with Crippen molar-refractivity contribution in [2.75, 3.05) is 6.54 Å². The molecule has 2 N–H and O–H groups in total. The number of unbranched alkanes of at least 4 members (excludes halogenated alkanes) is 1. The Morgan fingerprint density at radius 1 is 1.37 bits per heavy atom. The van der Waals surface area contributed by atoms with E-state index in [0.29, 0.717) is 13.0 Å². The van der Waals surface area contributed by atoms with Crippen LogP contribution in [0.3, 0.4) is 0 Å². The zero-order valence-electron chi connectivity index (χ0n) is 11.7. The smallest absolute Gasteiger partial charge is 0.407 e. The second-order valence-electron chi connectivity index (χ2n) is 5.69. The lowest BCUT2D eigenvalue weighted by molar-refractivity contribution is -0.122. The number of carbonyl (C=O) groups excluding carboxylic acids is 3. The van der Waals surface area contributed by atoms with E-state index in [4.69, 9.17) is 4.74 Å². The monoisotopic (exact) mass is 270 g/mol. The van der Waals surface area contributed by atoms with Gasteiger partial charge in [0.05, 0.1) is 12.5 Å². The highest BCUT2D eigenvalue weighted by Crippen LogP contribution is 2.10. The summed E-state index contributed by atoms with van der Waals surface area (Å²) in [6.45, 7) is 5.92. The summed E-state index contributed by atoms with van der Waals surface area (Å²) in [7, 11) is 0. The maximum Gasteiger partial charge on any atom is 0.407 e. The number of hydrogen-bond donors (Lipinski definition) is 2. The Balaban J connectivity index is 2.07. The van der Waals surface area contributed by atoms with E-state index in [1.807, 2.05) is 0 Å². The van der Waals surface area contributed by atoms with Crippen LogP contribution in [0.1, 0.15) is 46.5 Å². The van der Waals surface area contributed by atoms with Gasteiger partial charge >= 0.3 is 6.09 Å². The third-order valence-corrected chi connectivity index (χ3v) is 2.65. The largest absolute Gasteiger partial charge is 0.444 e. The van der Waals surface area contributed by atoms with Gasteiger partial charge < -0.3 is 15.4 Å². The first kappa shape index (κ1) is 15.5. The SMILES string of the molecule is CC(C)(C)OC(=O)NCCCCC1NC(=O)CC1=O. The average molecular weight is 270 g/mol. The number of carbonyl (C=O) groups is 3. The average Bonchev–Trinajstić information content (AvgIpc) is 2.54. The standard InChI is InChI=1S/C13H22N2O4/c1-13(2,3)19-12(18)14-7-5-4-6-9-10(16)8-11(17)15-9/h9H,4-8H2,1-3H3,(H,14,18)(H,15,17). The predicted molar refractivity (Wildman–Crippen MR) is 69.6 cm³/mol. The number of amides is 2. The van der Waals surface area contributed by atoms with E-state index < -0.39 is 11.7 Å². The Morgan fingerprint density at radius 3 is 2.58 bits per heavy atom. The molecular formula is C13H22N2O4. The molecule has 0 aromatic carbocycles. The number of Topliss-reactive ketones (excluding diaryl/α,β-unsaturated/α-hetero) is 1. The Bertz CT molecular complexity index is 360. The second-order valence-corrected chi connectivity index (χ2v) is 5.69. The van der Waals surface area contributed by atoms with Gasteiger partial charge in [-0.3, -0.25) is 9.59 Å². The van der Waals surface area contributed by atoms with Gasteiger partial charge in [-0.15, -0.1) is 0 Å². The van der Waals surface area contributed by atoms with Crippen molar-refractivity contribution in [1.29, 1.82) is 0 Å². The minimum absolute atomic E-state index is 0.000819. The van der Waals surface area contributed by atoms with Gasteiger partial charge in [-0.1, -0.05) is 0 Å². The van der Waals surface area contributed by atoms with Gasteiger partial charge in [-0.25, -0.2) is 4.79 Å². The van der Waals surface area contributed by atoms with Gasteiger partial charge in [-0.05, 0) is 40.0 Å². The predicted octanol–water partition coefficient (Wildman–Crippen LogP) is 1.14. The van der Waals surface area contributed by atoms with E-state index in [0.717, 1.165) is 12.8 Å². The second kappa shape index (κ2) is 6.54.